The number of halogens is 1. The Labute approximate surface area is 195 Å². The zero-order valence-electron chi connectivity index (χ0n) is 17.1. The summed E-state index contributed by atoms with van der Waals surface area (Å²) in [5.74, 6) is -0.289. The van der Waals surface area contributed by atoms with Crippen molar-refractivity contribution < 1.29 is 9.53 Å². The van der Waals surface area contributed by atoms with Crippen LogP contribution in [0.2, 0.25) is 5.02 Å². The second-order valence-electron chi connectivity index (χ2n) is 7.27. The van der Waals surface area contributed by atoms with Gasteiger partial charge in [-0.15, -0.1) is 11.3 Å². The van der Waals surface area contributed by atoms with E-state index < -0.39 is 0 Å². The number of benzene rings is 1. The molecule has 0 amide bonds. The first kappa shape index (κ1) is 21.8. The number of anilines is 2. The van der Waals surface area contributed by atoms with E-state index in [0.717, 1.165) is 47.5 Å². The van der Waals surface area contributed by atoms with Gasteiger partial charge in [-0.25, -0.2) is 4.79 Å². The van der Waals surface area contributed by atoms with Gasteiger partial charge in [0.05, 0.1) is 30.6 Å². The van der Waals surface area contributed by atoms with Gasteiger partial charge in [0.25, 0.3) is 0 Å². The Hall–Kier alpha value is -2.42. The van der Waals surface area contributed by atoms with Gasteiger partial charge in [0, 0.05) is 16.1 Å². The van der Waals surface area contributed by atoms with Gasteiger partial charge in [-0.2, -0.15) is 5.10 Å². The van der Waals surface area contributed by atoms with Crippen LogP contribution in [-0.4, -0.2) is 27.5 Å². The molecule has 0 aliphatic heterocycles. The number of rotatable bonds is 6. The molecule has 2 heterocycles. The van der Waals surface area contributed by atoms with Gasteiger partial charge in [0.15, 0.2) is 5.11 Å². The van der Waals surface area contributed by atoms with E-state index in [0.29, 0.717) is 28.9 Å². The normalized spacial score (nSPS) is 12.8. The highest BCUT2D eigenvalue weighted by Crippen LogP contribution is 2.38. The van der Waals surface area contributed by atoms with Crippen LogP contribution >= 0.6 is 35.2 Å². The number of nitrogens with zero attached hydrogens (tertiary/aromatic N) is 2. The maximum Gasteiger partial charge on any atom is 0.341 e. The van der Waals surface area contributed by atoms with Crippen molar-refractivity contribution in [3.8, 4) is 0 Å². The van der Waals surface area contributed by atoms with E-state index in [2.05, 4.69) is 15.7 Å². The lowest BCUT2D eigenvalue weighted by atomic mass is 9.95. The highest BCUT2D eigenvalue weighted by atomic mass is 35.5. The van der Waals surface area contributed by atoms with E-state index in [-0.39, 0.29) is 5.97 Å². The third kappa shape index (κ3) is 5.26. The molecule has 1 aromatic carbocycles. The first-order chi connectivity index (χ1) is 15.0. The molecule has 0 saturated carbocycles. The smallest absolute Gasteiger partial charge is 0.341 e. The van der Waals surface area contributed by atoms with Crippen molar-refractivity contribution in [1.82, 2.24) is 9.78 Å². The van der Waals surface area contributed by atoms with Gasteiger partial charge in [0.2, 0.25) is 0 Å². The number of thiocarbonyl (C=S) groups is 1. The minimum absolute atomic E-state index is 0.289. The molecule has 1 aliphatic carbocycles. The molecule has 6 nitrogen and oxygen atoms in total. The van der Waals surface area contributed by atoms with Crippen LogP contribution in [0.4, 0.5) is 10.7 Å². The summed E-state index contributed by atoms with van der Waals surface area (Å²) < 4.78 is 7.12. The summed E-state index contributed by atoms with van der Waals surface area (Å²) in [5.41, 5.74) is 3.60. The molecule has 162 valence electrons. The van der Waals surface area contributed by atoms with Crippen molar-refractivity contribution >= 4 is 56.9 Å². The SMILES string of the molecule is CCOC(=O)c1c(NC(=S)Nc2cnn(Cc3ccc(Cl)cc3)c2)sc2c1CCCC2. The lowest BCUT2D eigenvalue weighted by molar-refractivity contribution is 0.0526. The molecule has 9 heteroatoms. The zero-order valence-corrected chi connectivity index (χ0v) is 19.5. The number of fused-ring (bicyclic) bond motifs is 1. The summed E-state index contributed by atoms with van der Waals surface area (Å²) in [7, 11) is 0. The Bertz CT molecular complexity index is 1090. The first-order valence-corrected chi connectivity index (χ1v) is 11.8. The number of aryl methyl sites for hydroxylation is 1. The van der Waals surface area contributed by atoms with Crippen LogP contribution in [-0.2, 0) is 24.1 Å². The molecule has 2 aromatic heterocycles. The van der Waals surface area contributed by atoms with Crippen LogP contribution in [0.3, 0.4) is 0 Å². The predicted molar refractivity (Wildman–Crippen MR) is 130 cm³/mol. The van der Waals surface area contributed by atoms with Gasteiger partial charge in [-0.05, 0) is 68.1 Å². The summed E-state index contributed by atoms with van der Waals surface area (Å²) in [6, 6.07) is 7.66. The Morgan fingerprint density at radius 1 is 1.26 bits per heavy atom. The molecule has 0 radical (unpaired) electrons. The molecule has 2 N–H and O–H groups in total. The van der Waals surface area contributed by atoms with Crippen LogP contribution in [0.1, 0.15) is 46.1 Å². The lowest BCUT2D eigenvalue weighted by Gasteiger charge is -2.13. The van der Waals surface area contributed by atoms with Gasteiger partial charge < -0.3 is 15.4 Å². The van der Waals surface area contributed by atoms with E-state index in [1.54, 1.807) is 17.5 Å². The number of carbonyl (C=O) groups excluding carboxylic acids is 1. The van der Waals surface area contributed by atoms with Gasteiger partial charge in [0.1, 0.15) is 5.00 Å². The Morgan fingerprint density at radius 2 is 2.03 bits per heavy atom. The molecule has 3 aromatic rings. The second-order valence-corrected chi connectivity index (χ2v) is 9.22. The van der Waals surface area contributed by atoms with Gasteiger partial charge in [-0.1, -0.05) is 23.7 Å². The molecule has 0 atom stereocenters. The molecular weight excluding hydrogens is 452 g/mol. The number of esters is 1. The molecule has 0 bridgehead atoms. The average molecular weight is 475 g/mol. The van der Waals surface area contributed by atoms with Crippen molar-refractivity contribution in [2.24, 2.45) is 0 Å². The average Bonchev–Trinajstić information content (AvgIpc) is 3.33. The van der Waals surface area contributed by atoms with E-state index in [1.165, 1.54) is 4.88 Å². The molecule has 0 saturated heterocycles. The minimum Gasteiger partial charge on any atom is -0.462 e. The maximum absolute atomic E-state index is 12.6. The molecule has 31 heavy (non-hydrogen) atoms. The summed E-state index contributed by atoms with van der Waals surface area (Å²) >= 11 is 13.0. The summed E-state index contributed by atoms with van der Waals surface area (Å²) in [4.78, 5) is 13.8. The van der Waals surface area contributed by atoms with Crippen LogP contribution in [0.15, 0.2) is 36.7 Å². The molecular formula is C22H23ClN4O2S2. The largest absolute Gasteiger partial charge is 0.462 e. The Kier molecular flexibility index (Phi) is 6.89. The summed E-state index contributed by atoms with van der Waals surface area (Å²) in [6.07, 6.45) is 7.73. The van der Waals surface area contributed by atoms with E-state index in [4.69, 9.17) is 28.6 Å². The van der Waals surface area contributed by atoms with Crippen LogP contribution < -0.4 is 10.6 Å². The Morgan fingerprint density at radius 3 is 2.81 bits per heavy atom. The van der Waals surface area contributed by atoms with Crippen molar-refractivity contribution in [3.63, 3.8) is 0 Å². The molecule has 1 aliphatic rings. The first-order valence-electron chi connectivity index (χ1n) is 10.2. The van der Waals surface area contributed by atoms with E-state index >= 15 is 0 Å². The lowest BCUT2D eigenvalue weighted by Crippen LogP contribution is -2.20. The molecule has 4 rings (SSSR count). The number of nitrogens with one attached hydrogen (secondary N) is 2. The fourth-order valence-corrected chi connectivity index (χ4v) is 5.32. The van der Waals surface area contributed by atoms with Gasteiger partial charge in [-0.3, -0.25) is 4.68 Å². The fraction of sp³-hybridized carbons (Fsp3) is 0.318. The minimum atomic E-state index is -0.289. The number of ether oxygens (including phenoxy) is 1. The van der Waals surface area contributed by atoms with Crippen LogP contribution in [0, 0.1) is 0 Å². The predicted octanol–water partition coefficient (Wildman–Crippen LogP) is 5.51. The quantitative estimate of drug-likeness (QED) is 0.362. The summed E-state index contributed by atoms with van der Waals surface area (Å²) in [5, 5.41) is 12.6. The number of hydrogen-bond donors (Lipinski definition) is 2. The fourth-order valence-electron chi connectivity index (χ4n) is 3.63. The van der Waals surface area contributed by atoms with E-state index in [1.807, 2.05) is 42.1 Å². The number of carbonyl (C=O) groups is 1. The standard InChI is InChI=1S/C22H23ClN4O2S2/c1-2-29-21(28)19-17-5-3-4-6-18(17)31-20(19)26-22(30)25-16-11-24-27(13-16)12-14-7-9-15(23)10-8-14/h7-11,13H,2-6,12H2,1H3,(H2,25,26,30). The third-order valence-electron chi connectivity index (χ3n) is 5.03. The maximum atomic E-state index is 12.6. The highest BCUT2D eigenvalue weighted by molar-refractivity contribution is 7.80. The van der Waals surface area contributed by atoms with Crippen molar-refractivity contribution in [2.45, 2.75) is 39.2 Å². The molecule has 0 fully saturated rings. The Balaban J connectivity index is 1.44. The zero-order chi connectivity index (χ0) is 21.8. The third-order valence-corrected chi connectivity index (χ3v) is 6.69. The van der Waals surface area contributed by atoms with Crippen LogP contribution in [0.25, 0.3) is 0 Å². The van der Waals surface area contributed by atoms with Crippen molar-refractivity contribution in [3.05, 3.63) is 63.2 Å². The van der Waals surface area contributed by atoms with Crippen molar-refractivity contribution in [2.75, 3.05) is 17.2 Å². The summed E-state index contributed by atoms with van der Waals surface area (Å²) in [6.45, 7) is 2.79. The number of thiophene rings is 1. The second kappa shape index (κ2) is 9.80. The monoisotopic (exact) mass is 474 g/mol. The topological polar surface area (TPSA) is 68.2 Å². The van der Waals surface area contributed by atoms with Crippen LogP contribution in [0.5, 0.6) is 0 Å². The van der Waals surface area contributed by atoms with E-state index in [9.17, 15) is 4.79 Å². The molecule has 0 spiro atoms. The number of aromatic nitrogens is 2. The molecule has 0 unspecified atom stereocenters. The number of hydrogen-bond acceptors (Lipinski definition) is 5. The van der Waals surface area contributed by atoms with Gasteiger partial charge >= 0.3 is 5.97 Å². The van der Waals surface area contributed by atoms with Crippen molar-refractivity contribution in [1.29, 1.82) is 0 Å². The highest BCUT2D eigenvalue weighted by Gasteiger charge is 2.26.